The molecule has 2 N–H and O–H groups in total. The van der Waals surface area contributed by atoms with Crippen molar-refractivity contribution >= 4 is 16.5 Å². The van der Waals surface area contributed by atoms with Gasteiger partial charge in [0, 0.05) is 6.54 Å². The molecule has 0 spiro atoms. The zero-order valence-electron chi connectivity index (χ0n) is 14.3. The molecule has 1 atom stereocenters. The first-order chi connectivity index (χ1) is 12.1. The van der Waals surface area contributed by atoms with Crippen LogP contribution in [0.5, 0.6) is 0 Å². The third-order valence-electron chi connectivity index (χ3n) is 4.80. The van der Waals surface area contributed by atoms with Gasteiger partial charge in [-0.15, -0.1) is 0 Å². The lowest BCUT2D eigenvalue weighted by Crippen LogP contribution is -2.36. The first kappa shape index (κ1) is 17.2. The van der Waals surface area contributed by atoms with Crippen LogP contribution in [0, 0.1) is 17.2 Å². The number of piperidine rings is 1. The number of aliphatic hydroxyl groups is 1. The van der Waals surface area contributed by atoms with Gasteiger partial charge in [0.15, 0.2) is 5.82 Å². The van der Waals surface area contributed by atoms with E-state index in [1.54, 1.807) is 24.3 Å². The molecule has 0 bridgehead atoms. The number of aliphatic hydroxyl groups excluding tert-OH is 1. The van der Waals surface area contributed by atoms with E-state index < -0.39 is 0 Å². The van der Waals surface area contributed by atoms with Crippen molar-refractivity contribution in [2.45, 2.75) is 26.2 Å². The molecule has 0 saturated carbocycles. The van der Waals surface area contributed by atoms with E-state index >= 15 is 0 Å². The molecule has 1 aromatic heterocycles. The maximum atomic E-state index is 12.2. The zero-order valence-corrected chi connectivity index (χ0v) is 14.3. The molecule has 1 fully saturated rings. The minimum atomic E-state index is -0.315. The summed E-state index contributed by atoms with van der Waals surface area (Å²) in [4.78, 5) is 21.3. The molecule has 1 aliphatic heterocycles. The number of allylic oxidation sites excluding steroid dienone is 1. The number of benzene rings is 1. The minimum absolute atomic E-state index is 0.0291. The molecule has 130 valence electrons. The third-order valence-corrected chi connectivity index (χ3v) is 4.80. The molecular weight excluding hydrogens is 316 g/mol. The summed E-state index contributed by atoms with van der Waals surface area (Å²) in [5.74, 6) is 0.705. The van der Waals surface area contributed by atoms with Crippen LogP contribution in [-0.4, -0.2) is 39.6 Å². The van der Waals surface area contributed by atoms with Crippen molar-refractivity contribution in [3.8, 4) is 6.07 Å². The van der Waals surface area contributed by atoms with Crippen molar-refractivity contribution in [3.05, 3.63) is 46.2 Å². The molecule has 2 heterocycles. The number of rotatable bonds is 4. The fraction of sp³-hybridized carbons (Fsp3) is 0.421. The van der Waals surface area contributed by atoms with Crippen molar-refractivity contribution in [1.29, 1.82) is 5.26 Å². The Morgan fingerprint density at radius 2 is 2.28 bits per heavy atom. The molecule has 2 aromatic rings. The van der Waals surface area contributed by atoms with E-state index in [0.717, 1.165) is 25.9 Å². The fourth-order valence-corrected chi connectivity index (χ4v) is 3.38. The normalized spacial score (nSPS) is 19.4. The van der Waals surface area contributed by atoms with Crippen LogP contribution in [-0.2, 0) is 0 Å². The standard InChI is InChI=1S/C19H22N4O2/c1-2-13-6-5-9-23(11-13)12-17(24)15(10-20)18-21-16-8-4-3-7-14(16)19(25)22-18/h3-4,7-8,13,24H,2,5-6,9,11-12H2,1H3,(H,21,22,25)/b17-15-. The molecule has 0 amide bonds. The fourth-order valence-electron chi connectivity index (χ4n) is 3.38. The van der Waals surface area contributed by atoms with E-state index in [9.17, 15) is 15.2 Å². The average molecular weight is 338 g/mol. The predicted molar refractivity (Wildman–Crippen MR) is 97.0 cm³/mol. The monoisotopic (exact) mass is 338 g/mol. The third kappa shape index (κ3) is 3.72. The smallest absolute Gasteiger partial charge is 0.259 e. The highest BCUT2D eigenvalue weighted by Crippen LogP contribution is 2.21. The van der Waals surface area contributed by atoms with Crippen LogP contribution in [0.15, 0.2) is 34.8 Å². The number of aromatic nitrogens is 2. The predicted octanol–water partition coefficient (Wildman–Crippen LogP) is 2.84. The lowest BCUT2D eigenvalue weighted by atomic mass is 9.95. The zero-order chi connectivity index (χ0) is 17.8. The summed E-state index contributed by atoms with van der Waals surface area (Å²) in [6.07, 6.45) is 3.42. The summed E-state index contributed by atoms with van der Waals surface area (Å²) in [6.45, 7) is 4.30. The SMILES string of the molecule is CCC1CCCN(C/C(O)=C(\C#N)c2nc3ccccc3c(=O)[nH]2)C1. The minimum Gasteiger partial charge on any atom is -0.509 e. The number of hydrogen-bond acceptors (Lipinski definition) is 5. The second-order valence-electron chi connectivity index (χ2n) is 6.52. The highest BCUT2D eigenvalue weighted by atomic mass is 16.3. The van der Waals surface area contributed by atoms with Crippen LogP contribution >= 0.6 is 0 Å². The largest absolute Gasteiger partial charge is 0.509 e. The molecule has 3 rings (SSSR count). The van der Waals surface area contributed by atoms with Crippen molar-refractivity contribution in [1.82, 2.24) is 14.9 Å². The van der Waals surface area contributed by atoms with E-state index in [-0.39, 0.29) is 22.7 Å². The van der Waals surface area contributed by atoms with Crippen LogP contribution in [0.1, 0.15) is 32.0 Å². The second kappa shape index (κ2) is 7.49. The van der Waals surface area contributed by atoms with Crippen molar-refractivity contribution < 1.29 is 5.11 Å². The number of hydrogen-bond donors (Lipinski definition) is 2. The number of likely N-dealkylation sites (tertiary alicyclic amines) is 1. The highest BCUT2D eigenvalue weighted by molar-refractivity contribution is 5.81. The van der Waals surface area contributed by atoms with Gasteiger partial charge in [0.25, 0.3) is 5.56 Å². The van der Waals surface area contributed by atoms with E-state index in [2.05, 4.69) is 21.8 Å². The molecule has 1 aromatic carbocycles. The van der Waals surface area contributed by atoms with Gasteiger partial charge in [-0.2, -0.15) is 5.26 Å². The van der Waals surface area contributed by atoms with Gasteiger partial charge in [0.1, 0.15) is 17.4 Å². The summed E-state index contributed by atoms with van der Waals surface area (Å²) in [5.41, 5.74) is 0.220. The van der Waals surface area contributed by atoms with Gasteiger partial charge in [-0.3, -0.25) is 9.69 Å². The Labute approximate surface area is 146 Å². The number of H-pyrrole nitrogens is 1. The van der Waals surface area contributed by atoms with Crippen LogP contribution < -0.4 is 5.56 Å². The quantitative estimate of drug-likeness (QED) is 0.660. The number of aromatic amines is 1. The lowest BCUT2D eigenvalue weighted by Gasteiger charge is -2.31. The summed E-state index contributed by atoms with van der Waals surface area (Å²) < 4.78 is 0. The van der Waals surface area contributed by atoms with E-state index in [1.807, 2.05) is 6.07 Å². The summed E-state index contributed by atoms with van der Waals surface area (Å²) in [6, 6.07) is 8.94. The molecule has 0 aliphatic carbocycles. The number of para-hydroxylation sites is 1. The Hall–Kier alpha value is -2.65. The number of fused-ring (bicyclic) bond motifs is 1. The highest BCUT2D eigenvalue weighted by Gasteiger charge is 2.21. The van der Waals surface area contributed by atoms with Gasteiger partial charge >= 0.3 is 0 Å². The molecule has 25 heavy (non-hydrogen) atoms. The first-order valence-corrected chi connectivity index (χ1v) is 8.66. The average Bonchev–Trinajstić information content (AvgIpc) is 2.62. The van der Waals surface area contributed by atoms with Gasteiger partial charge in [0.2, 0.25) is 0 Å². The Morgan fingerprint density at radius 3 is 3.04 bits per heavy atom. The molecule has 6 nitrogen and oxygen atoms in total. The van der Waals surface area contributed by atoms with Crippen molar-refractivity contribution in [3.63, 3.8) is 0 Å². The van der Waals surface area contributed by atoms with Crippen LogP contribution in [0.4, 0.5) is 0 Å². The summed E-state index contributed by atoms with van der Waals surface area (Å²) >= 11 is 0. The summed E-state index contributed by atoms with van der Waals surface area (Å²) in [7, 11) is 0. The van der Waals surface area contributed by atoms with E-state index in [4.69, 9.17) is 0 Å². The Bertz CT molecular complexity index is 894. The topological polar surface area (TPSA) is 93.0 Å². The van der Waals surface area contributed by atoms with E-state index in [0.29, 0.717) is 23.4 Å². The number of nitrogens with one attached hydrogen (secondary N) is 1. The lowest BCUT2D eigenvalue weighted by molar-refractivity contribution is 0.166. The van der Waals surface area contributed by atoms with Gasteiger partial charge in [-0.25, -0.2) is 4.98 Å². The van der Waals surface area contributed by atoms with Crippen molar-refractivity contribution in [2.24, 2.45) is 5.92 Å². The maximum absolute atomic E-state index is 12.2. The maximum Gasteiger partial charge on any atom is 0.259 e. The van der Waals surface area contributed by atoms with Gasteiger partial charge < -0.3 is 10.1 Å². The van der Waals surface area contributed by atoms with Crippen LogP contribution in [0.25, 0.3) is 16.5 Å². The Balaban J connectivity index is 1.92. The number of nitriles is 1. The molecule has 0 radical (unpaired) electrons. The van der Waals surface area contributed by atoms with Crippen molar-refractivity contribution in [2.75, 3.05) is 19.6 Å². The second-order valence-corrected chi connectivity index (χ2v) is 6.52. The molecule has 1 unspecified atom stereocenters. The van der Waals surface area contributed by atoms with Crippen LogP contribution in [0.3, 0.4) is 0 Å². The first-order valence-electron chi connectivity index (χ1n) is 8.66. The molecule has 1 aliphatic rings. The molecule has 1 saturated heterocycles. The van der Waals surface area contributed by atoms with E-state index in [1.165, 1.54) is 6.42 Å². The molecular formula is C19H22N4O2. The number of nitrogens with zero attached hydrogens (tertiary/aromatic N) is 3. The van der Waals surface area contributed by atoms with Gasteiger partial charge in [-0.1, -0.05) is 25.5 Å². The Kier molecular flexibility index (Phi) is 5.15. The molecule has 6 heteroatoms. The van der Waals surface area contributed by atoms with Crippen LogP contribution in [0.2, 0.25) is 0 Å². The Morgan fingerprint density at radius 1 is 1.48 bits per heavy atom. The van der Waals surface area contributed by atoms with Gasteiger partial charge in [0.05, 0.1) is 17.4 Å². The van der Waals surface area contributed by atoms with Gasteiger partial charge in [-0.05, 0) is 37.4 Å². The summed E-state index contributed by atoms with van der Waals surface area (Å²) in [5, 5.41) is 20.4.